The predicted molar refractivity (Wildman–Crippen MR) is 190 cm³/mol. The maximum Gasteiger partial charge on any atom is 0.142 e. The van der Waals surface area contributed by atoms with Crippen LogP contribution >= 0.6 is 0 Å². The van der Waals surface area contributed by atoms with Crippen LogP contribution in [-0.2, 0) is 6.42 Å². The summed E-state index contributed by atoms with van der Waals surface area (Å²) in [4.78, 5) is 0. The number of aromatic nitrogens is 1. The highest BCUT2D eigenvalue weighted by Gasteiger charge is 2.26. The Balaban J connectivity index is 1.33. The van der Waals surface area contributed by atoms with E-state index in [0.29, 0.717) is 0 Å². The van der Waals surface area contributed by atoms with E-state index in [4.69, 9.17) is 4.42 Å². The molecule has 0 saturated carbocycles. The SMILES string of the molecule is c1cccc(-c2cc3c4ccccc4n(-c4ccccc4)c3cc2-c2oc(-c3cccc(-c4ccccc4)c3)c3c2CCC=C3)c#1. The Hall–Kier alpha value is -6.04. The number of furan rings is 1. The summed E-state index contributed by atoms with van der Waals surface area (Å²) in [6.07, 6.45) is 6.42. The summed E-state index contributed by atoms with van der Waals surface area (Å²) in [7, 11) is 0. The lowest BCUT2D eigenvalue weighted by Gasteiger charge is -2.13. The minimum Gasteiger partial charge on any atom is -0.455 e. The first-order chi connectivity index (χ1) is 22.8. The van der Waals surface area contributed by atoms with Gasteiger partial charge in [-0.3, -0.25) is 0 Å². The standard InChI is InChI=1S/C44H29NO/c1-4-15-30(16-5-1)32-19-14-20-33(27-32)43-36-24-10-11-25-37(36)44(46-43)40-29-42-39(28-38(40)31-17-6-2-7-18-31)35-23-12-13-26-41(35)45(42)34-21-8-3-9-22-34/h1-6,8-10,12-17,19-24,26-29H,11,25H2. The van der Waals surface area contributed by atoms with Crippen molar-refractivity contribution in [2.45, 2.75) is 12.8 Å². The molecule has 6 aromatic carbocycles. The molecule has 8 aromatic rings. The van der Waals surface area contributed by atoms with E-state index < -0.39 is 0 Å². The lowest BCUT2D eigenvalue weighted by Crippen LogP contribution is -1.96. The van der Waals surface area contributed by atoms with Gasteiger partial charge >= 0.3 is 0 Å². The van der Waals surface area contributed by atoms with E-state index >= 15 is 0 Å². The van der Waals surface area contributed by atoms with E-state index in [-0.39, 0.29) is 0 Å². The molecule has 9 rings (SSSR count). The number of allylic oxidation sites excluding steroid dienone is 1. The molecule has 2 heteroatoms. The molecule has 0 unspecified atom stereocenters. The Morgan fingerprint density at radius 2 is 1.37 bits per heavy atom. The van der Waals surface area contributed by atoms with Crippen LogP contribution in [0.25, 0.3) is 78.5 Å². The van der Waals surface area contributed by atoms with Crippen molar-refractivity contribution >= 4 is 27.9 Å². The second-order valence-corrected chi connectivity index (χ2v) is 11.9. The van der Waals surface area contributed by atoms with Gasteiger partial charge in [-0.2, -0.15) is 0 Å². The topological polar surface area (TPSA) is 18.1 Å². The number of hydrogen-bond acceptors (Lipinski definition) is 1. The highest BCUT2D eigenvalue weighted by atomic mass is 16.3. The Kier molecular flexibility index (Phi) is 6.21. The number of hydrogen-bond donors (Lipinski definition) is 0. The molecule has 216 valence electrons. The monoisotopic (exact) mass is 587 g/mol. The molecule has 46 heavy (non-hydrogen) atoms. The van der Waals surface area contributed by atoms with Crippen LogP contribution in [0.5, 0.6) is 0 Å². The minimum atomic E-state index is 0.914. The molecule has 1 aliphatic carbocycles. The second kappa shape index (κ2) is 10.8. The predicted octanol–water partition coefficient (Wildman–Crippen LogP) is 11.6. The van der Waals surface area contributed by atoms with Gasteiger partial charge in [-0.15, -0.1) is 0 Å². The first-order valence-corrected chi connectivity index (χ1v) is 15.8. The molecular formula is C44H29NO. The van der Waals surface area contributed by atoms with Crippen molar-refractivity contribution in [3.8, 4) is 50.6 Å². The van der Waals surface area contributed by atoms with Crippen LogP contribution in [0.15, 0.2) is 150 Å². The third-order valence-corrected chi connectivity index (χ3v) is 9.14. The molecule has 0 saturated heterocycles. The van der Waals surface area contributed by atoms with Gasteiger partial charge in [0.05, 0.1) is 11.0 Å². The largest absolute Gasteiger partial charge is 0.455 e. The Labute approximate surface area is 268 Å². The van der Waals surface area contributed by atoms with Gasteiger partial charge < -0.3 is 8.98 Å². The van der Waals surface area contributed by atoms with Crippen molar-refractivity contribution in [1.29, 1.82) is 0 Å². The van der Waals surface area contributed by atoms with Crippen molar-refractivity contribution in [2.24, 2.45) is 0 Å². The number of nitrogens with zero attached hydrogens (tertiary/aromatic N) is 1. The Bertz CT molecular complexity index is 2390. The first-order valence-electron chi connectivity index (χ1n) is 15.8. The maximum absolute atomic E-state index is 7.08. The lowest BCUT2D eigenvalue weighted by molar-refractivity contribution is 0.594. The Morgan fingerprint density at radius 1 is 0.587 bits per heavy atom. The number of rotatable bonds is 5. The van der Waals surface area contributed by atoms with Gasteiger partial charge in [-0.25, -0.2) is 0 Å². The fourth-order valence-corrected chi connectivity index (χ4v) is 7.03. The zero-order chi connectivity index (χ0) is 30.5. The summed E-state index contributed by atoms with van der Waals surface area (Å²) in [5.41, 5.74) is 12.5. The fraction of sp³-hybridized carbons (Fsp3) is 0.0455. The Morgan fingerprint density at radius 3 is 2.22 bits per heavy atom. The minimum absolute atomic E-state index is 0.914. The third kappa shape index (κ3) is 4.29. The van der Waals surface area contributed by atoms with Crippen molar-refractivity contribution in [3.63, 3.8) is 0 Å². The summed E-state index contributed by atoms with van der Waals surface area (Å²) in [6.45, 7) is 0. The van der Waals surface area contributed by atoms with Crippen LogP contribution in [-0.4, -0.2) is 4.57 Å². The highest BCUT2D eigenvalue weighted by Crippen LogP contribution is 2.46. The van der Waals surface area contributed by atoms with E-state index in [1.165, 1.54) is 38.5 Å². The summed E-state index contributed by atoms with van der Waals surface area (Å²) in [5.74, 6) is 1.84. The van der Waals surface area contributed by atoms with Gasteiger partial charge in [-0.1, -0.05) is 115 Å². The number of fused-ring (bicyclic) bond motifs is 4. The van der Waals surface area contributed by atoms with Crippen LogP contribution in [0.2, 0.25) is 0 Å². The summed E-state index contributed by atoms with van der Waals surface area (Å²) >= 11 is 0. The van der Waals surface area contributed by atoms with E-state index in [9.17, 15) is 0 Å². The third-order valence-electron chi connectivity index (χ3n) is 9.14. The van der Waals surface area contributed by atoms with Crippen molar-refractivity contribution in [2.75, 3.05) is 0 Å². The normalized spacial score (nSPS) is 12.3. The molecule has 0 aliphatic heterocycles. The van der Waals surface area contributed by atoms with E-state index in [1.807, 2.05) is 12.1 Å². The van der Waals surface area contributed by atoms with Crippen LogP contribution in [0.4, 0.5) is 0 Å². The zero-order valence-corrected chi connectivity index (χ0v) is 25.2. The molecule has 0 fully saturated rings. The summed E-state index contributed by atoms with van der Waals surface area (Å²) < 4.78 is 9.45. The number of benzene rings is 5. The quantitative estimate of drug-likeness (QED) is 0.196. The zero-order valence-electron chi connectivity index (χ0n) is 25.2. The van der Waals surface area contributed by atoms with Gasteiger partial charge in [0.1, 0.15) is 11.5 Å². The van der Waals surface area contributed by atoms with Crippen molar-refractivity contribution in [1.82, 2.24) is 4.57 Å². The molecule has 0 amide bonds. The average Bonchev–Trinajstić information content (AvgIpc) is 3.68. The maximum atomic E-state index is 7.08. The average molecular weight is 588 g/mol. The molecule has 0 bridgehead atoms. The van der Waals surface area contributed by atoms with Crippen LogP contribution in [0, 0.1) is 12.1 Å². The van der Waals surface area contributed by atoms with E-state index in [0.717, 1.165) is 57.8 Å². The smallest absolute Gasteiger partial charge is 0.142 e. The van der Waals surface area contributed by atoms with Crippen molar-refractivity contribution in [3.05, 3.63) is 169 Å². The fourth-order valence-electron chi connectivity index (χ4n) is 7.03. The lowest BCUT2D eigenvalue weighted by atomic mass is 9.90. The van der Waals surface area contributed by atoms with Gasteiger partial charge in [0.15, 0.2) is 0 Å². The molecule has 2 nitrogen and oxygen atoms in total. The molecule has 0 radical (unpaired) electrons. The van der Waals surface area contributed by atoms with Gasteiger partial charge in [0.2, 0.25) is 0 Å². The van der Waals surface area contributed by atoms with Gasteiger partial charge in [0, 0.05) is 49.8 Å². The van der Waals surface area contributed by atoms with E-state index in [1.54, 1.807) is 0 Å². The molecule has 0 N–H and O–H groups in total. The second-order valence-electron chi connectivity index (χ2n) is 11.9. The van der Waals surface area contributed by atoms with Crippen LogP contribution < -0.4 is 0 Å². The van der Waals surface area contributed by atoms with Crippen LogP contribution in [0.3, 0.4) is 0 Å². The van der Waals surface area contributed by atoms with Crippen LogP contribution in [0.1, 0.15) is 17.5 Å². The highest BCUT2D eigenvalue weighted by molar-refractivity contribution is 6.12. The molecular weight excluding hydrogens is 558 g/mol. The van der Waals surface area contributed by atoms with Gasteiger partial charge in [-0.05, 0) is 72.5 Å². The molecule has 2 aromatic heterocycles. The first kappa shape index (κ1) is 26.4. The molecule has 2 heterocycles. The summed E-state index contributed by atoms with van der Waals surface area (Å²) in [5, 5.41) is 2.42. The van der Waals surface area contributed by atoms with E-state index in [2.05, 4.69) is 156 Å². The van der Waals surface area contributed by atoms with Gasteiger partial charge in [0.25, 0.3) is 0 Å². The van der Waals surface area contributed by atoms with Crippen molar-refractivity contribution < 1.29 is 4.42 Å². The molecule has 0 atom stereocenters. The summed E-state index contributed by atoms with van der Waals surface area (Å²) in [6, 6.07) is 55.9. The molecule has 1 aliphatic rings. The number of para-hydroxylation sites is 2. The molecule has 0 spiro atoms.